The molecule has 0 aliphatic heterocycles. The molecule has 0 saturated carbocycles. The molecule has 0 heterocycles. The number of rotatable bonds is 12. The average Bonchev–Trinajstić information content (AvgIpc) is 2.32. The number of methoxy groups -OCH3 is 1. The van der Waals surface area contributed by atoms with E-state index in [0.717, 1.165) is 12.8 Å². The van der Waals surface area contributed by atoms with Crippen LogP contribution in [0.15, 0.2) is 0 Å². The lowest BCUT2D eigenvalue weighted by Crippen LogP contribution is -2.21. The van der Waals surface area contributed by atoms with Gasteiger partial charge in [-0.15, -0.1) is 0 Å². The van der Waals surface area contributed by atoms with E-state index in [-0.39, 0.29) is 26.4 Å². The molecule has 0 bridgehead atoms. The molecule has 0 aromatic heterocycles. The summed E-state index contributed by atoms with van der Waals surface area (Å²) in [6.07, 6.45) is 0.277. The van der Waals surface area contributed by atoms with Gasteiger partial charge in [0.15, 0.2) is 0 Å². The summed E-state index contributed by atoms with van der Waals surface area (Å²) < 4.78 is 15.1. The largest absolute Gasteiger partial charge is 0.394 e. The standard InChI is InChI=1S/C11H24O6/c1-15-7-11(14)9-17-5-3-2-4-16-8-10(13)6-12/h10-14H,2-9H2,1H3. The molecule has 0 spiro atoms. The van der Waals surface area contributed by atoms with Crippen LogP contribution < -0.4 is 0 Å². The minimum atomic E-state index is -0.796. The van der Waals surface area contributed by atoms with E-state index in [9.17, 15) is 5.11 Å². The van der Waals surface area contributed by atoms with Crippen molar-refractivity contribution in [2.24, 2.45) is 0 Å². The predicted molar refractivity (Wildman–Crippen MR) is 61.8 cm³/mol. The summed E-state index contributed by atoms with van der Waals surface area (Å²) in [5.74, 6) is 0. The first-order valence-electron chi connectivity index (χ1n) is 5.82. The number of unbranched alkanes of at least 4 members (excludes halogenated alkanes) is 1. The summed E-state index contributed by atoms with van der Waals surface area (Å²) in [7, 11) is 1.53. The third kappa shape index (κ3) is 12.0. The van der Waals surface area contributed by atoms with Crippen molar-refractivity contribution in [2.45, 2.75) is 25.0 Å². The van der Waals surface area contributed by atoms with Crippen molar-refractivity contribution in [3.05, 3.63) is 0 Å². The van der Waals surface area contributed by atoms with Crippen LogP contribution >= 0.6 is 0 Å². The molecule has 0 saturated heterocycles. The van der Waals surface area contributed by atoms with Crippen LogP contribution in [-0.4, -0.2) is 74.3 Å². The number of aliphatic hydroxyl groups excluding tert-OH is 3. The van der Waals surface area contributed by atoms with Crippen molar-refractivity contribution in [3.63, 3.8) is 0 Å². The van der Waals surface area contributed by atoms with Crippen LogP contribution in [0.4, 0.5) is 0 Å². The zero-order valence-corrected chi connectivity index (χ0v) is 10.4. The molecule has 0 aromatic rings. The van der Waals surface area contributed by atoms with E-state index >= 15 is 0 Å². The highest BCUT2D eigenvalue weighted by Crippen LogP contribution is 1.94. The van der Waals surface area contributed by atoms with E-state index in [1.807, 2.05) is 0 Å². The molecule has 0 amide bonds. The Morgan fingerprint density at radius 2 is 1.41 bits per heavy atom. The molecular formula is C11H24O6. The summed E-state index contributed by atoms with van der Waals surface area (Å²) in [6, 6.07) is 0. The third-order valence-electron chi connectivity index (χ3n) is 2.02. The third-order valence-corrected chi connectivity index (χ3v) is 2.02. The van der Waals surface area contributed by atoms with Gasteiger partial charge in [-0.05, 0) is 12.8 Å². The Morgan fingerprint density at radius 3 is 1.88 bits per heavy atom. The summed E-state index contributed by atoms with van der Waals surface area (Å²) >= 11 is 0. The molecule has 0 radical (unpaired) electrons. The van der Waals surface area contributed by atoms with Crippen LogP contribution in [0.1, 0.15) is 12.8 Å². The minimum Gasteiger partial charge on any atom is -0.394 e. The zero-order valence-electron chi connectivity index (χ0n) is 10.4. The van der Waals surface area contributed by atoms with E-state index in [1.165, 1.54) is 7.11 Å². The maximum Gasteiger partial charge on any atom is 0.101 e. The van der Waals surface area contributed by atoms with Gasteiger partial charge < -0.3 is 29.5 Å². The van der Waals surface area contributed by atoms with Crippen LogP contribution in [0.5, 0.6) is 0 Å². The lowest BCUT2D eigenvalue weighted by Gasteiger charge is -2.10. The lowest BCUT2D eigenvalue weighted by molar-refractivity contribution is -0.0118. The summed E-state index contributed by atoms with van der Waals surface area (Å²) in [6.45, 7) is 1.53. The Kier molecular flexibility index (Phi) is 12.1. The van der Waals surface area contributed by atoms with Crippen LogP contribution in [0.2, 0.25) is 0 Å². The normalized spacial score (nSPS) is 14.8. The van der Waals surface area contributed by atoms with Crippen molar-refractivity contribution >= 4 is 0 Å². The Balaban J connectivity index is 3.08. The lowest BCUT2D eigenvalue weighted by atomic mass is 10.3. The Bertz CT molecular complexity index is 155. The average molecular weight is 252 g/mol. The SMILES string of the molecule is COCC(O)COCCCCOCC(O)CO. The van der Waals surface area contributed by atoms with Crippen LogP contribution in [0.3, 0.4) is 0 Å². The van der Waals surface area contributed by atoms with Gasteiger partial charge in [-0.3, -0.25) is 0 Å². The molecule has 17 heavy (non-hydrogen) atoms. The molecule has 104 valence electrons. The van der Waals surface area contributed by atoms with Crippen molar-refractivity contribution in [1.29, 1.82) is 0 Å². The van der Waals surface area contributed by atoms with Gasteiger partial charge in [0.25, 0.3) is 0 Å². The van der Waals surface area contributed by atoms with Gasteiger partial charge in [-0.1, -0.05) is 0 Å². The van der Waals surface area contributed by atoms with Crippen molar-refractivity contribution in [1.82, 2.24) is 0 Å². The number of hydrogen-bond donors (Lipinski definition) is 3. The van der Waals surface area contributed by atoms with E-state index in [2.05, 4.69) is 0 Å². The molecule has 2 atom stereocenters. The van der Waals surface area contributed by atoms with Crippen LogP contribution in [0, 0.1) is 0 Å². The van der Waals surface area contributed by atoms with E-state index in [1.54, 1.807) is 0 Å². The fourth-order valence-electron chi connectivity index (χ4n) is 1.14. The molecule has 2 unspecified atom stereocenters. The van der Waals surface area contributed by atoms with Gasteiger partial charge in [0.2, 0.25) is 0 Å². The molecule has 3 N–H and O–H groups in total. The smallest absolute Gasteiger partial charge is 0.101 e. The second-order valence-electron chi connectivity index (χ2n) is 3.80. The molecular weight excluding hydrogens is 228 g/mol. The van der Waals surface area contributed by atoms with Crippen molar-refractivity contribution in [3.8, 4) is 0 Å². The maximum absolute atomic E-state index is 9.25. The van der Waals surface area contributed by atoms with Gasteiger partial charge in [-0.2, -0.15) is 0 Å². The quantitative estimate of drug-likeness (QED) is 0.393. The highest BCUT2D eigenvalue weighted by molar-refractivity contribution is 4.51. The highest BCUT2D eigenvalue weighted by atomic mass is 16.5. The van der Waals surface area contributed by atoms with E-state index in [4.69, 9.17) is 24.4 Å². The Morgan fingerprint density at radius 1 is 0.882 bits per heavy atom. The molecule has 6 nitrogen and oxygen atoms in total. The zero-order chi connectivity index (χ0) is 12.9. The first-order chi connectivity index (χ1) is 8.20. The topological polar surface area (TPSA) is 88.4 Å². The number of hydrogen-bond acceptors (Lipinski definition) is 6. The van der Waals surface area contributed by atoms with Gasteiger partial charge in [0.05, 0.1) is 26.4 Å². The highest BCUT2D eigenvalue weighted by Gasteiger charge is 2.03. The Labute approximate surface area is 102 Å². The van der Waals surface area contributed by atoms with Gasteiger partial charge >= 0.3 is 0 Å². The Hall–Kier alpha value is -0.240. The summed E-state index contributed by atoms with van der Waals surface area (Å²) in [4.78, 5) is 0. The predicted octanol–water partition coefficient (Wildman–Crippen LogP) is -0.840. The molecule has 0 fully saturated rings. The molecule has 0 rings (SSSR count). The fourth-order valence-corrected chi connectivity index (χ4v) is 1.14. The van der Waals surface area contributed by atoms with Crippen LogP contribution in [0.25, 0.3) is 0 Å². The summed E-state index contributed by atoms with van der Waals surface area (Å²) in [5.41, 5.74) is 0. The van der Waals surface area contributed by atoms with Gasteiger partial charge in [0, 0.05) is 20.3 Å². The van der Waals surface area contributed by atoms with Crippen molar-refractivity contribution in [2.75, 3.05) is 46.8 Å². The molecule has 0 aliphatic carbocycles. The first-order valence-corrected chi connectivity index (χ1v) is 5.82. The molecule has 6 heteroatoms. The molecule has 0 aromatic carbocycles. The first kappa shape index (κ1) is 16.8. The number of aliphatic hydroxyl groups is 3. The number of ether oxygens (including phenoxy) is 3. The molecule has 0 aliphatic rings. The summed E-state index contributed by atoms with van der Waals surface area (Å²) in [5, 5.41) is 26.7. The second kappa shape index (κ2) is 12.2. The van der Waals surface area contributed by atoms with E-state index < -0.39 is 12.2 Å². The minimum absolute atomic E-state index is 0.157. The van der Waals surface area contributed by atoms with Gasteiger partial charge in [-0.25, -0.2) is 0 Å². The monoisotopic (exact) mass is 252 g/mol. The fraction of sp³-hybridized carbons (Fsp3) is 1.00. The van der Waals surface area contributed by atoms with E-state index in [0.29, 0.717) is 13.2 Å². The van der Waals surface area contributed by atoms with Gasteiger partial charge in [0.1, 0.15) is 12.2 Å². The van der Waals surface area contributed by atoms with Crippen LogP contribution in [-0.2, 0) is 14.2 Å². The maximum atomic E-state index is 9.25. The second-order valence-corrected chi connectivity index (χ2v) is 3.80. The van der Waals surface area contributed by atoms with Crippen molar-refractivity contribution < 1.29 is 29.5 Å².